The summed E-state index contributed by atoms with van der Waals surface area (Å²) in [4.78, 5) is 8.82. The molecule has 0 atom stereocenters. The van der Waals surface area contributed by atoms with Crippen LogP contribution in [0.4, 0.5) is 24.8 Å². The summed E-state index contributed by atoms with van der Waals surface area (Å²) in [5.74, 6) is 1.99. The van der Waals surface area contributed by atoms with Crippen molar-refractivity contribution in [2.75, 3.05) is 29.5 Å². The van der Waals surface area contributed by atoms with Crippen LogP contribution >= 0.6 is 11.8 Å². The number of hydrogen-bond acceptors (Lipinski definition) is 5. The van der Waals surface area contributed by atoms with E-state index in [1.807, 2.05) is 20.8 Å². The van der Waals surface area contributed by atoms with Crippen molar-refractivity contribution in [3.05, 3.63) is 11.4 Å². The van der Waals surface area contributed by atoms with E-state index in [4.69, 9.17) is 0 Å². The van der Waals surface area contributed by atoms with E-state index in [1.165, 1.54) is 0 Å². The molecule has 0 saturated heterocycles. The first-order valence-electron chi connectivity index (χ1n) is 6.93. The van der Waals surface area contributed by atoms with Crippen molar-refractivity contribution in [3.63, 3.8) is 0 Å². The molecule has 0 aliphatic carbocycles. The smallest absolute Gasteiger partial charge is 0.370 e. The second-order valence-corrected chi connectivity index (χ2v) is 5.62. The molecule has 0 saturated carbocycles. The first kappa shape index (κ1) is 17.9. The monoisotopic (exact) mass is 322 g/mol. The molecule has 2 N–H and O–H groups in total. The highest BCUT2D eigenvalue weighted by molar-refractivity contribution is 8.00. The summed E-state index contributed by atoms with van der Waals surface area (Å²) in [7, 11) is 0. The fraction of sp³-hybridized carbons (Fsp3) is 0.692. The van der Waals surface area contributed by atoms with E-state index in [1.54, 1.807) is 0 Å². The number of aromatic nitrogens is 2. The van der Waals surface area contributed by atoms with E-state index in [0.717, 1.165) is 30.8 Å². The van der Waals surface area contributed by atoms with Crippen molar-refractivity contribution in [2.24, 2.45) is 0 Å². The Balaban J connectivity index is 2.74. The Morgan fingerprint density at radius 2 is 1.71 bits per heavy atom. The Labute approximate surface area is 127 Å². The average Bonchev–Trinajstić information content (AvgIpc) is 2.39. The second kappa shape index (κ2) is 8.31. The summed E-state index contributed by atoms with van der Waals surface area (Å²) >= 11 is -0.0339. The van der Waals surface area contributed by atoms with Crippen LogP contribution in [0.3, 0.4) is 0 Å². The standard InChI is InChI=1S/C13H21F3N4S/c1-4-6-10-19-11(17-5-2)9(3)12(20-10)18-7-8-21-13(14,15)16/h4-8H2,1-3H3,(H2,17,18,19,20). The molecule has 8 heteroatoms. The Kier molecular flexibility index (Phi) is 7.07. The number of alkyl halides is 3. The fourth-order valence-electron chi connectivity index (χ4n) is 1.75. The third-order valence-corrected chi connectivity index (χ3v) is 3.41. The lowest BCUT2D eigenvalue weighted by atomic mass is 10.2. The van der Waals surface area contributed by atoms with Crippen molar-refractivity contribution < 1.29 is 13.2 Å². The summed E-state index contributed by atoms with van der Waals surface area (Å²) in [5.41, 5.74) is -3.36. The zero-order valence-electron chi connectivity index (χ0n) is 12.5. The van der Waals surface area contributed by atoms with Crippen LogP contribution in [-0.2, 0) is 6.42 Å². The van der Waals surface area contributed by atoms with E-state index in [2.05, 4.69) is 20.6 Å². The van der Waals surface area contributed by atoms with Crippen LogP contribution in [0.15, 0.2) is 0 Å². The molecule has 4 nitrogen and oxygen atoms in total. The lowest BCUT2D eigenvalue weighted by molar-refractivity contribution is -0.0327. The average molecular weight is 322 g/mol. The number of thioether (sulfide) groups is 1. The van der Waals surface area contributed by atoms with Gasteiger partial charge in [-0.25, -0.2) is 9.97 Å². The van der Waals surface area contributed by atoms with Gasteiger partial charge in [0.2, 0.25) is 0 Å². The molecule has 1 heterocycles. The number of hydrogen-bond donors (Lipinski definition) is 2. The summed E-state index contributed by atoms with van der Waals surface area (Å²) in [5, 5.41) is 6.12. The zero-order valence-corrected chi connectivity index (χ0v) is 13.3. The van der Waals surface area contributed by atoms with Gasteiger partial charge in [-0.2, -0.15) is 13.2 Å². The van der Waals surface area contributed by atoms with Gasteiger partial charge < -0.3 is 10.6 Å². The van der Waals surface area contributed by atoms with Gasteiger partial charge in [-0.1, -0.05) is 6.92 Å². The highest BCUT2D eigenvalue weighted by Gasteiger charge is 2.27. The highest BCUT2D eigenvalue weighted by atomic mass is 32.2. The van der Waals surface area contributed by atoms with Crippen LogP contribution in [0.5, 0.6) is 0 Å². The van der Waals surface area contributed by atoms with E-state index in [0.29, 0.717) is 11.6 Å². The second-order valence-electron chi connectivity index (χ2n) is 4.46. The normalized spacial score (nSPS) is 11.5. The third kappa shape index (κ3) is 6.41. The van der Waals surface area contributed by atoms with Crippen molar-refractivity contribution in [3.8, 4) is 0 Å². The predicted octanol–water partition coefficient (Wildman–Crippen LogP) is 3.83. The van der Waals surface area contributed by atoms with Crippen LogP contribution in [0.25, 0.3) is 0 Å². The zero-order chi connectivity index (χ0) is 15.9. The summed E-state index contributed by atoms with van der Waals surface area (Å²) in [6.07, 6.45) is 1.66. The topological polar surface area (TPSA) is 49.8 Å². The first-order chi connectivity index (χ1) is 9.87. The Morgan fingerprint density at radius 3 is 2.24 bits per heavy atom. The van der Waals surface area contributed by atoms with Crippen LogP contribution in [0.1, 0.15) is 31.7 Å². The summed E-state index contributed by atoms with van der Waals surface area (Å²) < 4.78 is 36.3. The van der Waals surface area contributed by atoms with Gasteiger partial charge >= 0.3 is 5.51 Å². The molecule has 0 unspecified atom stereocenters. The highest BCUT2D eigenvalue weighted by Crippen LogP contribution is 2.29. The van der Waals surface area contributed by atoms with Gasteiger partial charge in [0.05, 0.1) is 0 Å². The van der Waals surface area contributed by atoms with Crippen LogP contribution in [-0.4, -0.2) is 34.3 Å². The molecule has 0 bridgehead atoms. The molecular weight excluding hydrogens is 301 g/mol. The molecule has 0 aliphatic heterocycles. The molecule has 1 aromatic rings. The van der Waals surface area contributed by atoms with Gasteiger partial charge in [0.25, 0.3) is 0 Å². The maximum absolute atomic E-state index is 12.1. The Bertz CT molecular complexity index is 452. The predicted molar refractivity (Wildman–Crippen MR) is 81.9 cm³/mol. The number of anilines is 2. The number of rotatable bonds is 8. The molecule has 0 fully saturated rings. The first-order valence-corrected chi connectivity index (χ1v) is 7.91. The van der Waals surface area contributed by atoms with Crippen molar-refractivity contribution >= 4 is 23.4 Å². The van der Waals surface area contributed by atoms with E-state index >= 15 is 0 Å². The minimum Gasteiger partial charge on any atom is -0.370 e. The minimum atomic E-state index is -4.19. The molecule has 0 aliphatic rings. The lowest BCUT2D eigenvalue weighted by Crippen LogP contribution is -2.14. The number of nitrogens with zero attached hydrogens (tertiary/aromatic N) is 2. The van der Waals surface area contributed by atoms with E-state index in [-0.39, 0.29) is 24.1 Å². The Hall–Kier alpha value is -1.18. The molecule has 0 spiro atoms. The molecule has 120 valence electrons. The molecule has 0 aromatic carbocycles. The molecular formula is C13H21F3N4S. The van der Waals surface area contributed by atoms with E-state index < -0.39 is 5.51 Å². The van der Waals surface area contributed by atoms with Gasteiger partial charge in [0.1, 0.15) is 17.5 Å². The van der Waals surface area contributed by atoms with Gasteiger partial charge in [-0.15, -0.1) is 0 Å². The summed E-state index contributed by atoms with van der Waals surface area (Å²) in [6.45, 7) is 6.79. The van der Waals surface area contributed by atoms with Gasteiger partial charge in [0, 0.05) is 30.8 Å². The van der Waals surface area contributed by atoms with Crippen molar-refractivity contribution in [1.29, 1.82) is 0 Å². The molecule has 0 radical (unpaired) electrons. The van der Waals surface area contributed by atoms with Gasteiger partial charge in [-0.3, -0.25) is 0 Å². The molecule has 1 rings (SSSR count). The molecule has 1 aromatic heterocycles. The minimum absolute atomic E-state index is 0.0339. The number of aryl methyl sites for hydroxylation is 1. The quantitative estimate of drug-likeness (QED) is 0.712. The fourth-order valence-corrected chi connectivity index (χ4v) is 2.18. The van der Waals surface area contributed by atoms with Crippen LogP contribution in [0.2, 0.25) is 0 Å². The number of halogens is 3. The maximum Gasteiger partial charge on any atom is 0.441 e. The van der Waals surface area contributed by atoms with Gasteiger partial charge in [0.15, 0.2) is 0 Å². The van der Waals surface area contributed by atoms with Crippen molar-refractivity contribution in [1.82, 2.24) is 9.97 Å². The Morgan fingerprint density at radius 1 is 1.10 bits per heavy atom. The lowest BCUT2D eigenvalue weighted by Gasteiger charge is -2.14. The van der Waals surface area contributed by atoms with Crippen LogP contribution in [0, 0.1) is 6.92 Å². The molecule has 21 heavy (non-hydrogen) atoms. The van der Waals surface area contributed by atoms with Gasteiger partial charge in [-0.05, 0) is 32.0 Å². The third-order valence-electron chi connectivity index (χ3n) is 2.67. The molecule has 0 amide bonds. The summed E-state index contributed by atoms with van der Waals surface area (Å²) in [6, 6.07) is 0. The SMILES string of the molecule is CCCc1nc(NCC)c(C)c(NCCSC(F)(F)F)n1. The van der Waals surface area contributed by atoms with E-state index in [9.17, 15) is 13.2 Å². The van der Waals surface area contributed by atoms with Crippen LogP contribution < -0.4 is 10.6 Å². The number of nitrogens with one attached hydrogen (secondary N) is 2. The van der Waals surface area contributed by atoms with Crippen molar-refractivity contribution in [2.45, 2.75) is 39.1 Å². The largest absolute Gasteiger partial charge is 0.441 e. The maximum atomic E-state index is 12.1.